The molecule has 0 bridgehead atoms. The van der Waals surface area contributed by atoms with Crippen molar-refractivity contribution in [3.63, 3.8) is 0 Å². The van der Waals surface area contributed by atoms with Gasteiger partial charge in [-0.05, 0) is 55.0 Å². The molecule has 0 spiro atoms. The second-order valence-electron chi connectivity index (χ2n) is 4.29. The van der Waals surface area contributed by atoms with Gasteiger partial charge in [0.2, 0.25) is 0 Å². The van der Waals surface area contributed by atoms with E-state index in [1.165, 1.54) is 18.2 Å². The molecule has 20 heavy (non-hydrogen) atoms. The molecular formula is C16H14ClFO2. The van der Waals surface area contributed by atoms with Gasteiger partial charge in [0.15, 0.2) is 5.78 Å². The molecular weight excluding hydrogens is 279 g/mol. The van der Waals surface area contributed by atoms with Gasteiger partial charge in [-0.2, -0.15) is 0 Å². The maximum atomic E-state index is 13.6. The number of Topliss-reactive ketones (excluding diaryl/α,β-unsaturated/α-hetero) is 1. The number of rotatable bonds is 5. The van der Waals surface area contributed by atoms with Gasteiger partial charge >= 0.3 is 0 Å². The molecule has 0 atom stereocenters. The molecule has 0 heterocycles. The molecule has 0 amide bonds. The molecule has 0 fully saturated rings. The van der Waals surface area contributed by atoms with E-state index in [-0.39, 0.29) is 12.2 Å². The molecule has 0 saturated heterocycles. The number of hydrogen-bond donors (Lipinski definition) is 0. The lowest BCUT2D eigenvalue weighted by molar-refractivity contribution is 0.0992. The molecule has 0 radical (unpaired) electrons. The van der Waals surface area contributed by atoms with E-state index in [0.29, 0.717) is 28.5 Å². The summed E-state index contributed by atoms with van der Waals surface area (Å²) in [4.78, 5) is 12.1. The van der Waals surface area contributed by atoms with Gasteiger partial charge in [0.1, 0.15) is 11.6 Å². The molecule has 0 aliphatic heterocycles. The van der Waals surface area contributed by atoms with E-state index in [2.05, 4.69) is 0 Å². The number of ether oxygens (including phenoxy) is 1. The van der Waals surface area contributed by atoms with Gasteiger partial charge in [-0.15, -0.1) is 0 Å². The third-order valence-corrected chi connectivity index (χ3v) is 3.08. The Hall–Kier alpha value is -1.87. The average Bonchev–Trinajstić information content (AvgIpc) is 2.44. The quantitative estimate of drug-likeness (QED) is 0.768. The normalized spacial score (nSPS) is 10.3. The molecule has 0 aromatic heterocycles. The molecule has 0 N–H and O–H groups in total. The van der Waals surface area contributed by atoms with E-state index < -0.39 is 5.82 Å². The van der Waals surface area contributed by atoms with Crippen LogP contribution >= 0.6 is 11.6 Å². The van der Waals surface area contributed by atoms with E-state index in [0.717, 1.165) is 0 Å². The Bertz CT molecular complexity index is 608. The average molecular weight is 293 g/mol. The van der Waals surface area contributed by atoms with E-state index in [9.17, 15) is 9.18 Å². The summed E-state index contributed by atoms with van der Waals surface area (Å²) in [6, 6.07) is 11.0. The number of carbonyl (C=O) groups is 1. The lowest BCUT2D eigenvalue weighted by Crippen LogP contribution is -2.05. The van der Waals surface area contributed by atoms with Crippen LogP contribution in [0.4, 0.5) is 4.39 Å². The predicted molar refractivity (Wildman–Crippen MR) is 77.1 cm³/mol. The van der Waals surface area contributed by atoms with Crippen LogP contribution < -0.4 is 4.74 Å². The van der Waals surface area contributed by atoms with Crippen molar-refractivity contribution in [1.29, 1.82) is 0 Å². The lowest BCUT2D eigenvalue weighted by atomic mass is 10.0. The highest BCUT2D eigenvalue weighted by Gasteiger charge is 2.11. The Morgan fingerprint density at radius 1 is 1.20 bits per heavy atom. The van der Waals surface area contributed by atoms with Gasteiger partial charge in [-0.3, -0.25) is 4.79 Å². The summed E-state index contributed by atoms with van der Waals surface area (Å²) in [6.07, 6.45) is -0.0135. The van der Waals surface area contributed by atoms with Gasteiger partial charge < -0.3 is 4.74 Å². The minimum atomic E-state index is -0.423. The van der Waals surface area contributed by atoms with E-state index >= 15 is 0 Å². The van der Waals surface area contributed by atoms with E-state index in [4.69, 9.17) is 16.3 Å². The smallest absolute Gasteiger partial charge is 0.167 e. The van der Waals surface area contributed by atoms with Gasteiger partial charge in [0, 0.05) is 17.0 Å². The van der Waals surface area contributed by atoms with E-state index in [1.54, 1.807) is 24.3 Å². The largest absolute Gasteiger partial charge is 0.494 e. The fraction of sp³-hybridized carbons (Fsp3) is 0.188. The number of benzene rings is 2. The standard InChI is InChI=1S/C16H14ClFO2/c1-2-20-14-6-3-11(4-7-14)16(19)10-12-9-13(17)5-8-15(12)18/h3-9H,2,10H2,1H3. The Labute approximate surface area is 122 Å². The predicted octanol–water partition coefficient (Wildman–Crippen LogP) is 4.30. The van der Waals surface area contributed by atoms with Crippen molar-refractivity contribution in [2.75, 3.05) is 6.61 Å². The summed E-state index contributed by atoms with van der Waals surface area (Å²) in [5.41, 5.74) is 0.823. The molecule has 0 saturated carbocycles. The zero-order chi connectivity index (χ0) is 14.5. The summed E-state index contributed by atoms with van der Waals surface area (Å²) >= 11 is 5.81. The molecule has 2 rings (SSSR count). The van der Waals surface area contributed by atoms with Crippen LogP contribution in [0.1, 0.15) is 22.8 Å². The monoisotopic (exact) mass is 292 g/mol. The first kappa shape index (κ1) is 14.5. The molecule has 2 aromatic carbocycles. The second-order valence-corrected chi connectivity index (χ2v) is 4.73. The fourth-order valence-corrected chi connectivity index (χ4v) is 2.05. The van der Waals surface area contributed by atoms with Crippen LogP contribution in [0.3, 0.4) is 0 Å². The molecule has 2 aromatic rings. The van der Waals surface area contributed by atoms with Crippen molar-refractivity contribution < 1.29 is 13.9 Å². The number of hydrogen-bond acceptors (Lipinski definition) is 2. The van der Waals surface area contributed by atoms with Crippen LogP contribution in [0, 0.1) is 5.82 Å². The Balaban J connectivity index is 2.13. The highest BCUT2D eigenvalue weighted by Crippen LogP contribution is 2.18. The summed E-state index contributed by atoms with van der Waals surface area (Å²) < 4.78 is 18.9. The first-order valence-corrected chi connectivity index (χ1v) is 6.68. The maximum Gasteiger partial charge on any atom is 0.167 e. The van der Waals surface area contributed by atoms with Gasteiger partial charge in [0.25, 0.3) is 0 Å². The molecule has 4 heteroatoms. The zero-order valence-corrected chi connectivity index (χ0v) is 11.8. The molecule has 0 unspecified atom stereocenters. The first-order valence-electron chi connectivity index (χ1n) is 6.30. The first-order chi connectivity index (χ1) is 9.60. The van der Waals surface area contributed by atoms with Gasteiger partial charge in [-0.1, -0.05) is 11.6 Å². The highest BCUT2D eigenvalue weighted by molar-refractivity contribution is 6.30. The number of halogens is 2. The fourth-order valence-electron chi connectivity index (χ4n) is 1.86. The van der Waals surface area contributed by atoms with Crippen molar-refractivity contribution in [1.82, 2.24) is 0 Å². The van der Waals surface area contributed by atoms with Crippen molar-refractivity contribution in [2.45, 2.75) is 13.3 Å². The van der Waals surface area contributed by atoms with Crippen LogP contribution in [0.25, 0.3) is 0 Å². The van der Waals surface area contributed by atoms with Crippen LogP contribution in [-0.2, 0) is 6.42 Å². The summed E-state index contributed by atoms with van der Waals surface area (Å²) in [7, 11) is 0. The van der Waals surface area contributed by atoms with Gasteiger partial charge in [0.05, 0.1) is 6.61 Å². The van der Waals surface area contributed by atoms with Crippen LogP contribution in [-0.4, -0.2) is 12.4 Å². The maximum absolute atomic E-state index is 13.6. The molecule has 2 nitrogen and oxygen atoms in total. The molecule has 0 aliphatic carbocycles. The number of ketones is 1. The SMILES string of the molecule is CCOc1ccc(C(=O)Cc2cc(Cl)ccc2F)cc1. The highest BCUT2D eigenvalue weighted by atomic mass is 35.5. The van der Waals surface area contributed by atoms with Crippen LogP contribution in [0.15, 0.2) is 42.5 Å². The van der Waals surface area contributed by atoms with E-state index in [1.807, 2.05) is 6.92 Å². The summed E-state index contributed by atoms with van der Waals surface area (Å²) in [5.74, 6) is 0.126. The van der Waals surface area contributed by atoms with Gasteiger partial charge in [-0.25, -0.2) is 4.39 Å². The number of carbonyl (C=O) groups excluding carboxylic acids is 1. The van der Waals surface area contributed by atoms with Crippen molar-refractivity contribution in [2.24, 2.45) is 0 Å². The van der Waals surface area contributed by atoms with Crippen molar-refractivity contribution >= 4 is 17.4 Å². The van der Waals surface area contributed by atoms with Crippen LogP contribution in [0.5, 0.6) is 5.75 Å². The summed E-state index contributed by atoms with van der Waals surface area (Å²) in [6.45, 7) is 2.46. The Morgan fingerprint density at radius 2 is 1.90 bits per heavy atom. The van der Waals surface area contributed by atoms with Crippen molar-refractivity contribution in [3.8, 4) is 5.75 Å². The second kappa shape index (κ2) is 6.53. The minimum absolute atomic E-state index is 0.0135. The third kappa shape index (κ3) is 3.58. The topological polar surface area (TPSA) is 26.3 Å². The Kier molecular flexibility index (Phi) is 4.74. The zero-order valence-electron chi connectivity index (χ0n) is 11.0. The summed E-state index contributed by atoms with van der Waals surface area (Å²) in [5, 5.41) is 0.417. The van der Waals surface area contributed by atoms with Crippen LogP contribution in [0.2, 0.25) is 5.02 Å². The molecule has 104 valence electrons. The van der Waals surface area contributed by atoms with Crippen molar-refractivity contribution in [3.05, 3.63) is 64.4 Å². The minimum Gasteiger partial charge on any atom is -0.494 e. The Morgan fingerprint density at radius 3 is 2.55 bits per heavy atom. The third-order valence-electron chi connectivity index (χ3n) is 2.85. The lowest BCUT2D eigenvalue weighted by Gasteiger charge is -2.06. The molecule has 0 aliphatic rings.